The van der Waals surface area contributed by atoms with Gasteiger partial charge in [-0.25, -0.2) is 9.77 Å². The first kappa shape index (κ1) is 22.2. The molecule has 1 aromatic heterocycles. The highest BCUT2D eigenvalue weighted by Gasteiger charge is 2.14. The van der Waals surface area contributed by atoms with Crippen LogP contribution < -0.4 is 14.9 Å². The fourth-order valence-corrected chi connectivity index (χ4v) is 3.80. The molecule has 2 N–H and O–H groups in total. The van der Waals surface area contributed by atoms with Crippen molar-refractivity contribution in [3.63, 3.8) is 0 Å². The average Bonchev–Trinajstić information content (AvgIpc) is 3.18. The van der Waals surface area contributed by atoms with Gasteiger partial charge in [0, 0.05) is 21.2 Å². The number of nitrogens with zero attached hydrogens (tertiary/aromatic N) is 2. The standard InChI is InChI=1S/C23H20Cl2N4O2S/c1-30-21-9-5-3-7-18(21)22-27-28-23(32)29(22)26-13-16-12-17(24)10-11-20(16)31-14-15-6-2-4-8-19(15)25/h2-12,26H,13-14H2,1H3,(H,28,32). The summed E-state index contributed by atoms with van der Waals surface area (Å²) in [5.74, 6) is 1.99. The average molecular weight is 487 g/mol. The van der Waals surface area contributed by atoms with Crippen LogP contribution in [0.2, 0.25) is 10.0 Å². The Hall–Kier alpha value is -3.00. The van der Waals surface area contributed by atoms with Crippen LogP contribution in [0.1, 0.15) is 11.1 Å². The Kier molecular flexibility index (Phi) is 6.99. The first-order valence-corrected chi connectivity index (χ1v) is 10.9. The zero-order chi connectivity index (χ0) is 22.5. The number of methoxy groups -OCH3 is 1. The molecule has 3 aromatic carbocycles. The lowest BCUT2D eigenvalue weighted by Gasteiger charge is -2.15. The van der Waals surface area contributed by atoms with Crippen LogP contribution >= 0.6 is 35.4 Å². The van der Waals surface area contributed by atoms with Gasteiger partial charge in [0.1, 0.15) is 18.1 Å². The third-order valence-corrected chi connectivity index (χ3v) is 5.69. The largest absolute Gasteiger partial charge is 0.496 e. The number of aromatic amines is 1. The molecule has 0 saturated carbocycles. The molecule has 0 fully saturated rings. The van der Waals surface area contributed by atoms with Crippen LogP contribution in [0.5, 0.6) is 11.5 Å². The topological polar surface area (TPSA) is 64.1 Å². The van der Waals surface area contributed by atoms with Crippen LogP contribution in [0.4, 0.5) is 0 Å². The van der Waals surface area contributed by atoms with Gasteiger partial charge in [0.2, 0.25) is 4.77 Å². The Balaban J connectivity index is 1.57. The summed E-state index contributed by atoms with van der Waals surface area (Å²) < 4.78 is 13.6. The maximum Gasteiger partial charge on any atom is 0.214 e. The molecule has 0 radical (unpaired) electrons. The summed E-state index contributed by atoms with van der Waals surface area (Å²) in [4.78, 5) is 0. The Morgan fingerprint density at radius 2 is 1.78 bits per heavy atom. The van der Waals surface area contributed by atoms with Crippen LogP contribution in [0.15, 0.2) is 66.7 Å². The van der Waals surface area contributed by atoms with E-state index in [-0.39, 0.29) is 0 Å². The van der Waals surface area contributed by atoms with Crippen molar-refractivity contribution < 1.29 is 9.47 Å². The summed E-state index contributed by atoms with van der Waals surface area (Å²) in [6, 6.07) is 20.7. The zero-order valence-electron chi connectivity index (χ0n) is 17.1. The third kappa shape index (κ3) is 4.91. The minimum atomic E-state index is 0.339. The highest BCUT2D eigenvalue weighted by atomic mass is 35.5. The molecule has 0 aliphatic heterocycles. The first-order valence-electron chi connectivity index (χ1n) is 9.76. The third-order valence-electron chi connectivity index (χ3n) is 4.81. The molecular weight excluding hydrogens is 467 g/mol. The van der Waals surface area contributed by atoms with Crippen molar-refractivity contribution in [2.24, 2.45) is 0 Å². The Morgan fingerprint density at radius 1 is 1.00 bits per heavy atom. The Labute approximate surface area is 200 Å². The second kappa shape index (κ2) is 10.1. The zero-order valence-corrected chi connectivity index (χ0v) is 19.5. The van der Waals surface area contributed by atoms with Gasteiger partial charge in [0.25, 0.3) is 0 Å². The first-order chi connectivity index (χ1) is 15.6. The highest BCUT2D eigenvalue weighted by Crippen LogP contribution is 2.29. The molecule has 6 nitrogen and oxygen atoms in total. The number of para-hydroxylation sites is 1. The second-order valence-electron chi connectivity index (χ2n) is 6.86. The maximum absolute atomic E-state index is 6.25. The van der Waals surface area contributed by atoms with Gasteiger partial charge in [-0.15, -0.1) is 0 Å². The molecule has 1 heterocycles. The lowest BCUT2D eigenvalue weighted by Crippen LogP contribution is -2.16. The summed E-state index contributed by atoms with van der Waals surface area (Å²) >= 11 is 17.9. The summed E-state index contributed by atoms with van der Waals surface area (Å²) in [6.45, 7) is 0.736. The number of hydrogen-bond acceptors (Lipinski definition) is 5. The quantitative estimate of drug-likeness (QED) is 0.288. The number of rotatable bonds is 8. The summed E-state index contributed by atoms with van der Waals surface area (Å²) in [5.41, 5.74) is 5.87. The van der Waals surface area contributed by atoms with Gasteiger partial charge in [0.15, 0.2) is 5.82 Å². The van der Waals surface area contributed by atoms with E-state index in [1.165, 1.54) is 0 Å². The van der Waals surface area contributed by atoms with Crippen molar-refractivity contribution in [3.8, 4) is 22.9 Å². The van der Waals surface area contributed by atoms with Gasteiger partial charge >= 0.3 is 0 Å². The van der Waals surface area contributed by atoms with Crippen LogP contribution in [-0.4, -0.2) is 22.0 Å². The van der Waals surface area contributed by atoms with Crippen LogP contribution in [-0.2, 0) is 13.2 Å². The van der Waals surface area contributed by atoms with Crippen molar-refractivity contribution in [1.82, 2.24) is 14.9 Å². The molecule has 4 rings (SSSR count). The smallest absolute Gasteiger partial charge is 0.214 e. The van der Waals surface area contributed by atoms with Crippen molar-refractivity contribution >= 4 is 35.4 Å². The Bertz CT molecular complexity index is 1290. The molecule has 0 bridgehead atoms. The van der Waals surface area contributed by atoms with E-state index in [2.05, 4.69) is 15.6 Å². The van der Waals surface area contributed by atoms with Crippen molar-refractivity contribution in [1.29, 1.82) is 0 Å². The molecule has 0 aliphatic carbocycles. The molecule has 0 saturated heterocycles. The number of H-pyrrole nitrogens is 1. The number of nitrogens with one attached hydrogen (secondary N) is 2. The highest BCUT2D eigenvalue weighted by molar-refractivity contribution is 7.71. The van der Waals surface area contributed by atoms with E-state index < -0.39 is 0 Å². The van der Waals surface area contributed by atoms with Gasteiger partial charge in [-0.1, -0.05) is 53.5 Å². The number of aromatic nitrogens is 3. The van der Waals surface area contributed by atoms with E-state index in [0.29, 0.717) is 45.3 Å². The van der Waals surface area contributed by atoms with Gasteiger partial charge in [-0.2, -0.15) is 5.10 Å². The van der Waals surface area contributed by atoms with Gasteiger partial charge in [0.05, 0.1) is 19.2 Å². The summed E-state index contributed by atoms with van der Waals surface area (Å²) in [7, 11) is 1.62. The van der Waals surface area contributed by atoms with Crippen LogP contribution in [0, 0.1) is 4.77 Å². The normalized spacial score (nSPS) is 10.7. The lowest BCUT2D eigenvalue weighted by molar-refractivity contribution is 0.303. The monoisotopic (exact) mass is 486 g/mol. The summed E-state index contributed by atoms with van der Waals surface area (Å²) in [5, 5.41) is 8.46. The van der Waals surface area contributed by atoms with E-state index >= 15 is 0 Å². The lowest BCUT2D eigenvalue weighted by atomic mass is 10.2. The molecule has 0 spiro atoms. The minimum absolute atomic E-state index is 0.339. The van der Waals surface area contributed by atoms with E-state index in [9.17, 15) is 0 Å². The fourth-order valence-electron chi connectivity index (χ4n) is 3.22. The molecule has 32 heavy (non-hydrogen) atoms. The SMILES string of the molecule is COc1ccccc1-c1n[nH]c(=S)n1NCc1cc(Cl)ccc1OCc1ccccc1Cl. The molecule has 4 aromatic rings. The molecule has 0 amide bonds. The van der Waals surface area contributed by atoms with Crippen molar-refractivity contribution in [3.05, 3.63) is 92.7 Å². The molecule has 0 unspecified atom stereocenters. The number of benzene rings is 3. The van der Waals surface area contributed by atoms with Crippen molar-refractivity contribution in [2.75, 3.05) is 12.5 Å². The predicted molar refractivity (Wildman–Crippen MR) is 130 cm³/mol. The van der Waals surface area contributed by atoms with Crippen LogP contribution in [0.3, 0.4) is 0 Å². The van der Waals surface area contributed by atoms with Gasteiger partial charge < -0.3 is 14.9 Å². The number of halogens is 2. The van der Waals surface area contributed by atoms with E-state index in [4.69, 9.17) is 44.9 Å². The predicted octanol–water partition coefficient (Wildman–Crippen LogP) is 6.25. The van der Waals surface area contributed by atoms with E-state index in [0.717, 1.165) is 16.7 Å². The summed E-state index contributed by atoms with van der Waals surface area (Å²) in [6.07, 6.45) is 0. The second-order valence-corrected chi connectivity index (χ2v) is 8.09. The molecule has 0 aliphatic rings. The minimum Gasteiger partial charge on any atom is -0.496 e. The number of hydrogen-bond donors (Lipinski definition) is 2. The fraction of sp³-hybridized carbons (Fsp3) is 0.130. The van der Waals surface area contributed by atoms with Crippen LogP contribution in [0.25, 0.3) is 11.4 Å². The Morgan fingerprint density at radius 3 is 2.59 bits per heavy atom. The van der Waals surface area contributed by atoms with Crippen molar-refractivity contribution in [2.45, 2.75) is 13.2 Å². The van der Waals surface area contributed by atoms with Gasteiger partial charge in [-0.3, -0.25) is 0 Å². The van der Waals surface area contributed by atoms with E-state index in [1.54, 1.807) is 17.9 Å². The molecule has 164 valence electrons. The molecule has 0 atom stereocenters. The number of ether oxygens (including phenoxy) is 2. The molecule has 9 heteroatoms. The van der Waals surface area contributed by atoms with Gasteiger partial charge in [-0.05, 0) is 48.6 Å². The maximum atomic E-state index is 6.25. The van der Waals surface area contributed by atoms with E-state index in [1.807, 2.05) is 60.7 Å². The molecular formula is C23H20Cl2N4O2S.